The Bertz CT molecular complexity index is 1160. The Morgan fingerprint density at radius 1 is 1.13 bits per heavy atom. The summed E-state index contributed by atoms with van der Waals surface area (Å²) in [6, 6.07) is 11.9. The van der Waals surface area contributed by atoms with Gasteiger partial charge in [-0.05, 0) is 39.3 Å². The van der Waals surface area contributed by atoms with E-state index in [1.165, 1.54) is 0 Å². The quantitative estimate of drug-likeness (QED) is 0.519. The van der Waals surface area contributed by atoms with E-state index in [0.717, 1.165) is 10.6 Å². The predicted octanol–water partition coefficient (Wildman–Crippen LogP) is 3.04. The molecule has 3 heterocycles. The Balaban J connectivity index is 1.61. The highest BCUT2D eigenvalue weighted by molar-refractivity contribution is 6.11. The molecule has 154 valence electrons. The molecule has 30 heavy (non-hydrogen) atoms. The van der Waals surface area contributed by atoms with E-state index in [9.17, 15) is 14.4 Å². The van der Waals surface area contributed by atoms with Crippen LogP contribution < -0.4 is 5.32 Å². The third kappa shape index (κ3) is 3.01. The molecule has 0 aliphatic carbocycles. The Morgan fingerprint density at radius 2 is 1.83 bits per heavy atom. The highest BCUT2D eigenvalue weighted by Crippen LogP contribution is 2.29. The number of nitrogens with zero attached hydrogens (tertiary/aromatic N) is 3. The molecule has 8 nitrogen and oxygen atoms in total. The number of benzene rings is 1. The molecule has 0 spiro atoms. The minimum absolute atomic E-state index is 0.324. The average Bonchev–Trinajstić information content (AvgIpc) is 3.33. The number of carbonyl (C=O) groups excluding carboxylic acids is 3. The zero-order valence-electron chi connectivity index (χ0n) is 17.2. The standard InChI is InChI=1S/C22H22N4O4/c1-13-10-17(15(3)26(13)19-11-14(2)30-24-19)18(27)12-25-20(28)22(4,23-21(25)29)16-8-6-5-7-9-16/h5-11H,12H2,1-4H3,(H,23,29)/t22-/m0/s1. The van der Waals surface area contributed by atoms with Gasteiger partial charge in [0.2, 0.25) is 0 Å². The molecule has 0 unspecified atom stereocenters. The third-order valence-electron chi connectivity index (χ3n) is 5.50. The van der Waals surface area contributed by atoms with Crippen LogP contribution in [0.2, 0.25) is 0 Å². The van der Waals surface area contributed by atoms with Crippen LogP contribution in [0.3, 0.4) is 0 Å². The number of amides is 3. The van der Waals surface area contributed by atoms with Crippen molar-refractivity contribution in [3.05, 3.63) is 70.7 Å². The van der Waals surface area contributed by atoms with Crippen LogP contribution in [0, 0.1) is 20.8 Å². The molecule has 1 atom stereocenters. The molecule has 4 rings (SSSR count). The fourth-order valence-corrected chi connectivity index (χ4v) is 3.89. The lowest BCUT2D eigenvalue weighted by atomic mass is 9.92. The summed E-state index contributed by atoms with van der Waals surface area (Å²) in [5.41, 5.74) is 1.37. The molecule has 3 amide bonds. The molecule has 0 radical (unpaired) electrons. The minimum Gasteiger partial charge on any atom is -0.360 e. The summed E-state index contributed by atoms with van der Waals surface area (Å²) in [5.74, 6) is 0.460. The Hall–Kier alpha value is -3.68. The first-order valence-corrected chi connectivity index (χ1v) is 9.58. The van der Waals surface area contributed by atoms with E-state index in [1.54, 1.807) is 57.2 Å². The second-order valence-electron chi connectivity index (χ2n) is 7.65. The van der Waals surface area contributed by atoms with E-state index >= 15 is 0 Å². The number of ketones is 1. The average molecular weight is 406 g/mol. The van der Waals surface area contributed by atoms with Crippen molar-refractivity contribution in [1.82, 2.24) is 19.9 Å². The first kappa shape index (κ1) is 19.6. The lowest BCUT2D eigenvalue weighted by molar-refractivity contribution is -0.130. The first-order chi connectivity index (χ1) is 14.2. The van der Waals surface area contributed by atoms with Crippen molar-refractivity contribution in [2.75, 3.05) is 6.54 Å². The zero-order valence-corrected chi connectivity index (χ0v) is 17.2. The van der Waals surface area contributed by atoms with Gasteiger partial charge >= 0.3 is 6.03 Å². The van der Waals surface area contributed by atoms with E-state index in [1.807, 2.05) is 17.6 Å². The number of aromatic nitrogens is 2. The van der Waals surface area contributed by atoms with Crippen LogP contribution in [0.5, 0.6) is 0 Å². The molecule has 1 aromatic carbocycles. The summed E-state index contributed by atoms with van der Waals surface area (Å²) in [5, 5.41) is 6.73. The van der Waals surface area contributed by atoms with Crippen molar-refractivity contribution >= 4 is 17.7 Å². The van der Waals surface area contributed by atoms with Gasteiger partial charge in [-0.2, -0.15) is 0 Å². The number of hydrogen-bond acceptors (Lipinski definition) is 5. The number of aryl methyl sites for hydroxylation is 2. The number of rotatable bonds is 5. The number of nitrogens with one attached hydrogen (secondary N) is 1. The zero-order chi connectivity index (χ0) is 21.6. The van der Waals surface area contributed by atoms with Crippen molar-refractivity contribution in [2.45, 2.75) is 33.2 Å². The Kier molecular flexibility index (Phi) is 4.57. The summed E-state index contributed by atoms with van der Waals surface area (Å²) in [6.07, 6.45) is 0. The maximum atomic E-state index is 13.0. The molecular weight excluding hydrogens is 384 g/mol. The molecule has 0 saturated carbocycles. The summed E-state index contributed by atoms with van der Waals surface area (Å²) in [7, 11) is 0. The third-order valence-corrected chi connectivity index (χ3v) is 5.50. The molecule has 1 N–H and O–H groups in total. The number of hydrogen-bond donors (Lipinski definition) is 1. The number of carbonyl (C=O) groups is 3. The van der Waals surface area contributed by atoms with Gasteiger partial charge in [0.05, 0.1) is 6.54 Å². The van der Waals surface area contributed by atoms with E-state index in [-0.39, 0.29) is 12.3 Å². The van der Waals surface area contributed by atoms with Crippen molar-refractivity contribution in [3.8, 4) is 5.82 Å². The van der Waals surface area contributed by atoms with Gasteiger partial charge < -0.3 is 9.84 Å². The normalized spacial score (nSPS) is 18.7. The summed E-state index contributed by atoms with van der Waals surface area (Å²) in [4.78, 5) is 39.6. The molecule has 0 bridgehead atoms. The van der Waals surface area contributed by atoms with E-state index < -0.39 is 17.5 Å². The molecule has 1 aliphatic rings. The van der Waals surface area contributed by atoms with Crippen molar-refractivity contribution in [3.63, 3.8) is 0 Å². The van der Waals surface area contributed by atoms with Crippen molar-refractivity contribution < 1.29 is 18.9 Å². The predicted molar refractivity (Wildman–Crippen MR) is 108 cm³/mol. The molecule has 1 saturated heterocycles. The maximum absolute atomic E-state index is 13.0. The van der Waals surface area contributed by atoms with Gasteiger partial charge in [-0.15, -0.1) is 0 Å². The molecule has 1 fully saturated rings. The number of Topliss-reactive ketones (excluding diaryl/α,β-unsaturated/α-hetero) is 1. The number of imide groups is 1. The van der Waals surface area contributed by atoms with Crippen LogP contribution in [0.4, 0.5) is 4.79 Å². The van der Waals surface area contributed by atoms with Crippen LogP contribution in [0.15, 0.2) is 47.0 Å². The second kappa shape index (κ2) is 6.98. The maximum Gasteiger partial charge on any atom is 0.325 e. The van der Waals surface area contributed by atoms with Gasteiger partial charge in [0.25, 0.3) is 5.91 Å². The summed E-state index contributed by atoms with van der Waals surface area (Å²) >= 11 is 0. The number of urea groups is 1. The van der Waals surface area contributed by atoms with E-state index in [2.05, 4.69) is 10.5 Å². The van der Waals surface area contributed by atoms with Gasteiger partial charge in [-0.3, -0.25) is 19.1 Å². The lowest BCUT2D eigenvalue weighted by Crippen LogP contribution is -2.41. The van der Waals surface area contributed by atoms with Gasteiger partial charge in [0.15, 0.2) is 11.6 Å². The van der Waals surface area contributed by atoms with Crippen LogP contribution >= 0.6 is 0 Å². The summed E-state index contributed by atoms with van der Waals surface area (Å²) in [6.45, 7) is 6.75. The monoisotopic (exact) mass is 406 g/mol. The highest BCUT2D eigenvalue weighted by atomic mass is 16.5. The van der Waals surface area contributed by atoms with Crippen LogP contribution in [0.1, 0.15) is 40.0 Å². The molecule has 1 aliphatic heterocycles. The molecular formula is C22H22N4O4. The van der Waals surface area contributed by atoms with E-state index in [0.29, 0.717) is 28.4 Å². The lowest BCUT2D eigenvalue weighted by Gasteiger charge is -2.22. The Labute approximate surface area is 173 Å². The van der Waals surface area contributed by atoms with Gasteiger partial charge in [0, 0.05) is 23.0 Å². The second-order valence-corrected chi connectivity index (χ2v) is 7.65. The summed E-state index contributed by atoms with van der Waals surface area (Å²) < 4.78 is 6.95. The van der Waals surface area contributed by atoms with Crippen LogP contribution in [-0.2, 0) is 10.3 Å². The fourth-order valence-electron chi connectivity index (χ4n) is 3.89. The minimum atomic E-state index is -1.20. The van der Waals surface area contributed by atoms with E-state index in [4.69, 9.17) is 4.52 Å². The largest absolute Gasteiger partial charge is 0.360 e. The van der Waals surface area contributed by atoms with Crippen molar-refractivity contribution in [1.29, 1.82) is 0 Å². The van der Waals surface area contributed by atoms with Gasteiger partial charge in [-0.25, -0.2) is 4.79 Å². The van der Waals surface area contributed by atoms with Gasteiger partial charge in [0.1, 0.15) is 11.3 Å². The topological polar surface area (TPSA) is 97.4 Å². The van der Waals surface area contributed by atoms with Crippen LogP contribution in [0.25, 0.3) is 5.82 Å². The molecule has 8 heteroatoms. The van der Waals surface area contributed by atoms with Crippen molar-refractivity contribution in [2.24, 2.45) is 0 Å². The Morgan fingerprint density at radius 3 is 2.47 bits per heavy atom. The first-order valence-electron chi connectivity index (χ1n) is 9.58. The van der Waals surface area contributed by atoms with Gasteiger partial charge in [-0.1, -0.05) is 35.5 Å². The smallest absolute Gasteiger partial charge is 0.325 e. The fraction of sp³-hybridized carbons (Fsp3) is 0.273. The molecule has 2 aromatic heterocycles. The highest BCUT2D eigenvalue weighted by Gasteiger charge is 2.49. The molecule has 3 aromatic rings. The van der Waals surface area contributed by atoms with Crippen LogP contribution in [-0.4, -0.2) is 38.9 Å². The SMILES string of the molecule is Cc1cc(-n2c(C)cc(C(=O)CN3C(=O)N[C@@](C)(c4ccccc4)C3=O)c2C)no1.